The Morgan fingerprint density at radius 1 is 1.14 bits per heavy atom. The summed E-state index contributed by atoms with van der Waals surface area (Å²) in [5.41, 5.74) is 0.279. The van der Waals surface area contributed by atoms with Crippen LogP contribution in [-0.2, 0) is 19.1 Å². The van der Waals surface area contributed by atoms with Gasteiger partial charge in [-0.2, -0.15) is 0 Å². The van der Waals surface area contributed by atoms with E-state index in [0.29, 0.717) is 9.88 Å². The molecule has 1 amide bonds. The quantitative estimate of drug-likeness (QED) is 0.441. The second-order valence-corrected chi connectivity index (χ2v) is 8.41. The highest BCUT2D eigenvalue weighted by Gasteiger charge is 2.21. The van der Waals surface area contributed by atoms with E-state index >= 15 is 0 Å². The van der Waals surface area contributed by atoms with E-state index in [1.165, 1.54) is 22.7 Å². The van der Waals surface area contributed by atoms with Crippen molar-refractivity contribution < 1.29 is 28.7 Å². The van der Waals surface area contributed by atoms with Crippen molar-refractivity contribution in [3.8, 4) is 0 Å². The number of ether oxygens (including phenoxy) is 2. The molecule has 0 aromatic carbocycles. The lowest BCUT2D eigenvalue weighted by Crippen LogP contribution is -2.21. The fourth-order valence-electron chi connectivity index (χ4n) is 2.30. The lowest BCUT2D eigenvalue weighted by atomic mass is 10.1. The summed E-state index contributed by atoms with van der Waals surface area (Å²) in [5, 5.41) is 4.75. The van der Waals surface area contributed by atoms with Gasteiger partial charge in [0, 0.05) is 11.3 Å². The highest BCUT2D eigenvalue weighted by Crippen LogP contribution is 2.33. The molecular formula is C20H23NO6S2. The molecule has 1 N–H and O–H groups in total. The van der Waals surface area contributed by atoms with Crippen LogP contribution in [0.1, 0.15) is 64.4 Å². The molecule has 156 valence electrons. The van der Waals surface area contributed by atoms with Crippen molar-refractivity contribution in [1.82, 2.24) is 0 Å². The molecule has 0 saturated heterocycles. The largest absolute Gasteiger partial charge is 0.462 e. The van der Waals surface area contributed by atoms with Crippen molar-refractivity contribution in [3.63, 3.8) is 0 Å². The summed E-state index contributed by atoms with van der Waals surface area (Å²) in [7, 11) is 0. The van der Waals surface area contributed by atoms with Gasteiger partial charge in [-0.15, -0.1) is 22.7 Å². The van der Waals surface area contributed by atoms with Gasteiger partial charge in [0.15, 0.2) is 12.4 Å². The maximum Gasteiger partial charge on any atom is 0.341 e. The van der Waals surface area contributed by atoms with E-state index in [1.54, 1.807) is 30.5 Å². The molecule has 2 heterocycles. The summed E-state index contributed by atoms with van der Waals surface area (Å²) in [4.78, 5) is 49.5. The smallest absolute Gasteiger partial charge is 0.341 e. The first kappa shape index (κ1) is 22.8. The van der Waals surface area contributed by atoms with E-state index < -0.39 is 24.5 Å². The fourth-order valence-corrected chi connectivity index (χ4v) is 4.06. The SMILES string of the molecule is CCOC(=O)c1cc(C(C)C)sc1NC(=O)COC(=O)CCC(=O)c1cccs1. The number of amides is 1. The standard InChI is InChI=1S/C20H23NO6S2/c1-4-26-20(25)13-10-16(12(2)3)29-19(13)21-17(23)11-27-18(24)8-7-14(22)15-6-5-9-28-15/h5-6,9-10,12H,4,7-8,11H2,1-3H3,(H,21,23). The van der Waals surface area contributed by atoms with Gasteiger partial charge in [0.1, 0.15) is 5.00 Å². The lowest BCUT2D eigenvalue weighted by Gasteiger charge is -2.07. The van der Waals surface area contributed by atoms with Gasteiger partial charge in [0.05, 0.1) is 23.5 Å². The number of anilines is 1. The first-order chi connectivity index (χ1) is 13.8. The van der Waals surface area contributed by atoms with Crippen LogP contribution in [0, 0.1) is 0 Å². The first-order valence-corrected chi connectivity index (χ1v) is 10.8. The van der Waals surface area contributed by atoms with E-state index in [1.807, 2.05) is 13.8 Å². The Morgan fingerprint density at radius 2 is 1.90 bits per heavy atom. The Balaban J connectivity index is 1.87. The molecule has 0 radical (unpaired) electrons. The van der Waals surface area contributed by atoms with Gasteiger partial charge < -0.3 is 14.8 Å². The highest BCUT2D eigenvalue weighted by molar-refractivity contribution is 7.16. The highest BCUT2D eigenvalue weighted by atomic mass is 32.1. The minimum Gasteiger partial charge on any atom is -0.462 e. The molecule has 0 aliphatic carbocycles. The number of ketones is 1. The van der Waals surface area contributed by atoms with E-state index in [0.717, 1.165) is 4.88 Å². The van der Waals surface area contributed by atoms with Crippen molar-refractivity contribution in [2.75, 3.05) is 18.5 Å². The number of carbonyl (C=O) groups is 4. The Bertz CT molecular complexity index is 870. The average molecular weight is 438 g/mol. The molecule has 7 nitrogen and oxygen atoms in total. The van der Waals surface area contributed by atoms with Crippen LogP contribution in [0.2, 0.25) is 0 Å². The molecule has 0 atom stereocenters. The second-order valence-electron chi connectivity index (χ2n) is 6.38. The zero-order valence-corrected chi connectivity index (χ0v) is 18.1. The van der Waals surface area contributed by atoms with Crippen LogP contribution in [0.3, 0.4) is 0 Å². The van der Waals surface area contributed by atoms with Gasteiger partial charge in [0.25, 0.3) is 5.91 Å². The van der Waals surface area contributed by atoms with E-state index in [-0.39, 0.29) is 36.7 Å². The second kappa shape index (κ2) is 10.9. The summed E-state index contributed by atoms with van der Waals surface area (Å²) < 4.78 is 9.96. The third-order valence-electron chi connectivity index (χ3n) is 3.78. The zero-order chi connectivity index (χ0) is 21.4. The van der Waals surface area contributed by atoms with Gasteiger partial charge in [-0.25, -0.2) is 4.79 Å². The maximum atomic E-state index is 12.2. The minimum atomic E-state index is -0.635. The van der Waals surface area contributed by atoms with Gasteiger partial charge >= 0.3 is 11.9 Å². The number of hydrogen-bond donors (Lipinski definition) is 1. The number of hydrogen-bond acceptors (Lipinski definition) is 8. The molecule has 0 aliphatic rings. The Labute approximate surface area is 177 Å². The van der Waals surface area contributed by atoms with Crippen LogP contribution >= 0.6 is 22.7 Å². The summed E-state index contributed by atoms with van der Waals surface area (Å²) in [6, 6.07) is 5.16. The van der Waals surface area contributed by atoms with Crippen molar-refractivity contribution in [1.29, 1.82) is 0 Å². The predicted octanol–water partition coefficient (Wildman–Crippen LogP) is 4.25. The van der Waals surface area contributed by atoms with Crippen molar-refractivity contribution in [3.05, 3.63) is 38.9 Å². The summed E-state index contributed by atoms with van der Waals surface area (Å²) in [5.74, 6) is -1.68. The van der Waals surface area contributed by atoms with Crippen LogP contribution < -0.4 is 5.32 Å². The molecule has 0 unspecified atom stereocenters. The van der Waals surface area contributed by atoms with Crippen LogP contribution in [0.15, 0.2) is 23.6 Å². The molecule has 0 bridgehead atoms. The molecular weight excluding hydrogens is 414 g/mol. The van der Waals surface area contributed by atoms with Gasteiger partial charge in [-0.1, -0.05) is 19.9 Å². The minimum absolute atomic E-state index is 0.0244. The summed E-state index contributed by atoms with van der Waals surface area (Å²) >= 11 is 2.59. The Kier molecular flexibility index (Phi) is 8.53. The molecule has 2 aromatic heterocycles. The lowest BCUT2D eigenvalue weighted by molar-refractivity contribution is -0.147. The number of thiophene rings is 2. The monoisotopic (exact) mass is 437 g/mol. The molecule has 9 heteroatoms. The zero-order valence-electron chi connectivity index (χ0n) is 16.5. The topological polar surface area (TPSA) is 98.8 Å². The molecule has 2 aromatic rings. The summed E-state index contributed by atoms with van der Waals surface area (Å²) in [6.45, 7) is 5.38. The summed E-state index contributed by atoms with van der Waals surface area (Å²) in [6.07, 6.45) is -0.0781. The number of rotatable bonds is 10. The first-order valence-electron chi connectivity index (χ1n) is 9.14. The van der Waals surface area contributed by atoms with Gasteiger partial charge in [0.2, 0.25) is 0 Å². The average Bonchev–Trinajstić information content (AvgIpc) is 3.34. The number of esters is 2. The molecule has 0 aliphatic heterocycles. The molecule has 0 fully saturated rings. The van der Waals surface area contributed by atoms with Crippen molar-refractivity contribution >= 4 is 51.3 Å². The van der Waals surface area contributed by atoms with Crippen molar-refractivity contribution in [2.24, 2.45) is 0 Å². The third-order valence-corrected chi connectivity index (χ3v) is 6.05. The normalized spacial score (nSPS) is 10.6. The number of carbonyl (C=O) groups excluding carboxylic acids is 4. The third kappa shape index (κ3) is 6.79. The van der Waals surface area contributed by atoms with Crippen molar-refractivity contribution in [2.45, 2.75) is 39.5 Å². The Morgan fingerprint density at radius 3 is 2.52 bits per heavy atom. The van der Waals surface area contributed by atoms with Gasteiger partial charge in [-0.3, -0.25) is 14.4 Å². The van der Waals surface area contributed by atoms with E-state index in [9.17, 15) is 19.2 Å². The van der Waals surface area contributed by atoms with Gasteiger partial charge in [-0.05, 0) is 30.4 Å². The fraction of sp³-hybridized carbons (Fsp3) is 0.400. The molecule has 0 saturated carbocycles. The number of nitrogens with one attached hydrogen (secondary N) is 1. The Hall–Kier alpha value is -2.52. The maximum absolute atomic E-state index is 12.2. The van der Waals surface area contributed by atoms with Crippen LogP contribution in [-0.4, -0.2) is 36.8 Å². The van der Waals surface area contributed by atoms with E-state index in [4.69, 9.17) is 9.47 Å². The van der Waals surface area contributed by atoms with Crippen LogP contribution in [0.25, 0.3) is 0 Å². The van der Waals surface area contributed by atoms with E-state index in [2.05, 4.69) is 5.32 Å². The predicted molar refractivity (Wildman–Crippen MR) is 112 cm³/mol. The van der Waals surface area contributed by atoms with Crippen LogP contribution in [0.5, 0.6) is 0 Å². The molecule has 29 heavy (non-hydrogen) atoms. The molecule has 0 spiro atoms. The van der Waals surface area contributed by atoms with Crippen LogP contribution in [0.4, 0.5) is 5.00 Å². The molecule has 2 rings (SSSR count). The number of Topliss-reactive ketones (excluding diaryl/α,β-unsaturated/α-hetero) is 1.